The minimum Gasteiger partial charge on any atom is -0.273 e. The first kappa shape index (κ1) is 15.8. The zero-order valence-corrected chi connectivity index (χ0v) is 12.8. The van der Waals surface area contributed by atoms with Gasteiger partial charge in [-0.1, -0.05) is 41.4 Å². The lowest BCUT2D eigenvalue weighted by Crippen LogP contribution is -2.41. The Bertz CT molecular complexity index is 764. The highest BCUT2D eigenvalue weighted by atomic mass is 35.5. The van der Waals surface area contributed by atoms with E-state index in [-0.39, 0.29) is 14.9 Å². The van der Waals surface area contributed by atoms with E-state index >= 15 is 0 Å². The van der Waals surface area contributed by atoms with Gasteiger partial charge < -0.3 is 0 Å². The molecule has 0 radical (unpaired) electrons. The molecule has 8 heteroatoms. The standard InChI is InChI=1S/C13H10Cl2N2O3S/c14-10-6-7-11(15)12(8-10)21(19,20)17-16-13(18)9-4-2-1-3-5-9/h1-8,17H,(H,16,18). The van der Waals surface area contributed by atoms with Crippen LogP contribution in [0.4, 0.5) is 0 Å². The van der Waals surface area contributed by atoms with E-state index in [0.29, 0.717) is 5.56 Å². The van der Waals surface area contributed by atoms with E-state index in [4.69, 9.17) is 23.2 Å². The number of amides is 1. The van der Waals surface area contributed by atoms with Crippen molar-refractivity contribution in [1.29, 1.82) is 0 Å². The first-order valence-electron chi connectivity index (χ1n) is 5.72. The van der Waals surface area contributed by atoms with Crippen molar-refractivity contribution in [2.45, 2.75) is 4.90 Å². The number of benzene rings is 2. The molecule has 5 nitrogen and oxygen atoms in total. The highest BCUT2D eigenvalue weighted by Crippen LogP contribution is 2.24. The van der Waals surface area contributed by atoms with Gasteiger partial charge >= 0.3 is 0 Å². The van der Waals surface area contributed by atoms with E-state index in [0.717, 1.165) is 0 Å². The highest BCUT2D eigenvalue weighted by molar-refractivity contribution is 7.89. The van der Waals surface area contributed by atoms with Gasteiger partial charge in [-0.15, -0.1) is 4.83 Å². The van der Waals surface area contributed by atoms with Crippen LogP contribution in [0.15, 0.2) is 53.4 Å². The van der Waals surface area contributed by atoms with Crippen LogP contribution in [0.25, 0.3) is 0 Å². The van der Waals surface area contributed by atoms with Gasteiger partial charge in [-0.25, -0.2) is 8.42 Å². The van der Waals surface area contributed by atoms with Crippen molar-refractivity contribution in [2.24, 2.45) is 0 Å². The summed E-state index contributed by atoms with van der Waals surface area (Å²) in [4.78, 5) is 13.5. The van der Waals surface area contributed by atoms with E-state index in [1.54, 1.807) is 30.3 Å². The molecule has 2 N–H and O–H groups in total. The smallest absolute Gasteiger partial charge is 0.266 e. The molecule has 21 heavy (non-hydrogen) atoms. The molecule has 0 fully saturated rings. The van der Waals surface area contributed by atoms with Crippen LogP contribution < -0.4 is 10.3 Å². The second-order valence-electron chi connectivity index (χ2n) is 4.00. The molecule has 2 rings (SSSR count). The summed E-state index contributed by atoms with van der Waals surface area (Å²) >= 11 is 11.6. The number of hydrazine groups is 1. The van der Waals surface area contributed by atoms with Gasteiger partial charge in [0.2, 0.25) is 0 Å². The molecular weight excluding hydrogens is 335 g/mol. The Kier molecular flexibility index (Phi) is 4.84. The van der Waals surface area contributed by atoms with Crippen LogP contribution in [0.3, 0.4) is 0 Å². The number of carbonyl (C=O) groups is 1. The lowest BCUT2D eigenvalue weighted by atomic mass is 10.2. The molecule has 0 aliphatic rings. The quantitative estimate of drug-likeness (QED) is 0.837. The molecule has 0 atom stereocenters. The third kappa shape index (κ3) is 3.95. The first-order chi connectivity index (χ1) is 9.90. The van der Waals surface area contributed by atoms with Crippen molar-refractivity contribution in [2.75, 3.05) is 0 Å². The third-order valence-corrected chi connectivity index (χ3v) is 4.48. The van der Waals surface area contributed by atoms with Gasteiger partial charge in [0.1, 0.15) is 4.90 Å². The van der Waals surface area contributed by atoms with Gasteiger partial charge in [0.05, 0.1) is 5.02 Å². The fourth-order valence-electron chi connectivity index (χ4n) is 1.51. The predicted molar refractivity (Wildman–Crippen MR) is 80.7 cm³/mol. The summed E-state index contributed by atoms with van der Waals surface area (Å²) < 4.78 is 24.1. The van der Waals surface area contributed by atoms with E-state index in [1.807, 2.05) is 4.83 Å². The molecule has 0 unspecified atom stereocenters. The molecule has 0 heterocycles. The summed E-state index contributed by atoms with van der Waals surface area (Å²) in [5, 5.41) is 0.218. The fourth-order valence-corrected chi connectivity index (χ4v) is 3.12. The van der Waals surface area contributed by atoms with Crippen LogP contribution in [-0.4, -0.2) is 14.3 Å². The van der Waals surface area contributed by atoms with E-state index in [2.05, 4.69) is 5.43 Å². The maximum atomic E-state index is 12.1. The fraction of sp³-hybridized carbons (Fsp3) is 0. The SMILES string of the molecule is O=C(NNS(=O)(=O)c1cc(Cl)ccc1Cl)c1ccccc1. The summed E-state index contributed by atoms with van der Waals surface area (Å²) in [5.74, 6) is -0.586. The summed E-state index contributed by atoms with van der Waals surface area (Å²) in [6.45, 7) is 0. The number of sulfonamides is 1. The highest BCUT2D eigenvalue weighted by Gasteiger charge is 2.19. The lowest BCUT2D eigenvalue weighted by molar-refractivity contribution is 0.0945. The average Bonchev–Trinajstić information content (AvgIpc) is 2.48. The van der Waals surface area contributed by atoms with Crippen LogP contribution >= 0.6 is 23.2 Å². The van der Waals surface area contributed by atoms with Gasteiger partial charge in [-0.3, -0.25) is 10.2 Å². The average molecular weight is 345 g/mol. The van der Waals surface area contributed by atoms with Crippen LogP contribution in [0.2, 0.25) is 10.0 Å². The molecule has 0 saturated carbocycles. The number of hydrogen-bond donors (Lipinski definition) is 2. The van der Waals surface area contributed by atoms with E-state index in [9.17, 15) is 13.2 Å². The van der Waals surface area contributed by atoms with Gasteiger partial charge in [0.25, 0.3) is 15.9 Å². The molecule has 1 amide bonds. The van der Waals surface area contributed by atoms with Crippen molar-refractivity contribution in [3.8, 4) is 0 Å². The van der Waals surface area contributed by atoms with Crippen LogP contribution in [-0.2, 0) is 10.0 Å². The molecule has 0 spiro atoms. The number of hydrogen-bond acceptors (Lipinski definition) is 3. The Morgan fingerprint density at radius 3 is 2.33 bits per heavy atom. The number of halogens is 2. The number of nitrogens with one attached hydrogen (secondary N) is 2. The zero-order chi connectivity index (χ0) is 15.5. The minimum absolute atomic E-state index is 0.000796. The predicted octanol–water partition coefficient (Wildman–Crippen LogP) is 2.62. The molecule has 0 bridgehead atoms. The monoisotopic (exact) mass is 344 g/mol. The maximum Gasteiger partial charge on any atom is 0.266 e. The maximum absolute atomic E-state index is 12.1. The molecule has 2 aromatic carbocycles. The zero-order valence-electron chi connectivity index (χ0n) is 10.5. The summed E-state index contributed by atoms with van der Waals surface area (Å²) in [5.41, 5.74) is 2.42. The number of carbonyl (C=O) groups excluding carboxylic acids is 1. The van der Waals surface area contributed by atoms with Crippen LogP contribution in [0.5, 0.6) is 0 Å². The van der Waals surface area contributed by atoms with Crippen molar-refractivity contribution in [3.63, 3.8) is 0 Å². The van der Waals surface area contributed by atoms with Gasteiger partial charge in [0, 0.05) is 10.6 Å². The topological polar surface area (TPSA) is 75.3 Å². The summed E-state index contributed by atoms with van der Waals surface area (Å²) in [6, 6.07) is 12.2. The molecule has 0 aromatic heterocycles. The second kappa shape index (κ2) is 6.44. The molecule has 0 saturated heterocycles. The van der Waals surface area contributed by atoms with Crippen molar-refractivity contribution in [1.82, 2.24) is 10.3 Å². The van der Waals surface area contributed by atoms with Crippen molar-refractivity contribution < 1.29 is 13.2 Å². The first-order valence-corrected chi connectivity index (χ1v) is 7.96. The van der Waals surface area contributed by atoms with Crippen molar-refractivity contribution >= 4 is 39.1 Å². The lowest BCUT2D eigenvalue weighted by Gasteiger charge is -2.10. The Labute approximate surface area is 131 Å². The molecule has 110 valence electrons. The largest absolute Gasteiger partial charge is 0.273 e. The van der Waals surface area contributed by atoms with Gasteiger partial charge in [-0.05, 0) is 30.3 Å². The Morgan fingerprint density at radius 1 is 1.00 bits per heavy atom. The third-order valence-electron chi connectivity index (χ3n) is 2.52. The van der Waals surface area contributed by atoms with E-state index < -0.39 is 15.9 Å². The summed E-state index contributed by atoms with van der Waals surface area (Å²) in [6.07, 6.45) is 0. The van der Waals surface area contributed by atoms with Gasteiger partial charge in [0.15, 0.2) is 0 Å². The summed E-state index contributed by atoms with van der Waals surface area (Å²) in [7, 11) is -4.01. The van der Waals surface area contributed by atoms with Crippen LogP contribution in [0.1, 0.15) is 10.4 Å². The molecular formula is C13H10Cl2N2O3S. The second-order valence-corrected chi connectivity index (χ2v) is 6.49. The molecule has 0 aliphatic heterocycles. The van der Waals surface area contributed by atoms with Crippen molar-refractivity contribution in [3.05, 3.63) is 64.1 Å². The molecule has 2 aromatic rings. The van der Waals surface area contributed by atoms with Gasteiger partial charge in [-0.2, -0.15) is 0 Å². The Balaban J connectivity index is 2.15. The Hall–Kier alpha value is -1.60. The normalized spacial score (nSPS) is 11.1. The minimum atomic E-state index is -4.01. The van der Waals surface area contributed by atoms with E-state index in [1.165, 1.54) is 18.2 Å². The Morgan fingerprint density at radius 2 is 1.67 bits per heavy atom. The molecule has 0 aliphatic carbocycles. The number of rotatable bonds is 4. The van der Waals surface area contributed by atoms with Crippen LogP contribution in [0, 0.1) is 0 Å².